The highest BCUT2D eigenvalue weighted by atomic mass is 19.1. The third-order valence-corrected chi connectivity index (χ3v) is 5.25. The van der Waals surface area contributed by atoms with Crippen molar-refractivity contribution < 1.29 is 18.7 Å². The molecule has 166 valence electrons. The summed E-state index contributed by atoms with van der Waals surface area (Å²) < 4.78 is 23.5. The third-order valence-electron chi connectivity index (χ3n) is 5.25. The minimum Gasteiger partial charge on any atom is -0.493 e. The van der Waals surface area contributed by atoms with Crippen molar-refractivity contribution in [1.82, 2.24) is 24.1 Å². The normalized spacial score (nSPS) is 11.7. The number of halogens is 1. The predicted octanol–water partition coefficient (Wildman–Crippen LogP) is 2.41. The smallest absolute Gasteiger partial charge is 0.373 e. The van der Waals surface area contributed by atoms with E-state index in [2.05, 4.69) is 26.5 Å². The van der Waals surface area contributed by atoms with E-state index < -0.39 is 0 Å². The van der Waals surface area contributed by atoms with Crippen LogP contribution in [0.25, 0.3) is 16.9 Å². The lowest BCUT2D eigenvalue weighted by molar-refractivity contribution is -0.191. The van der Waals surface area contributed by atoms with Gasteiger partial charge in [0.25, 0.3) is 0 Å². The lowest BCUT2D eigenvalue weighted by atomic mass is 10.0. The first-order chi connectivity index (χ1) is 16.0. The highest BCUT2D eigenvalue weighted by molar-refractivity contribution is 5.76. The van der Waals surface area contributed by atoms with Crippen molar-refractivity contribution in [1.29, 1.82) is 5.26 Å². The summed E-state index contributed by atoms with van der Waals surface area (Å²) in [6, 6.07) is 7.09. The number of nitrogens with zero attached hydrogens (tertiary/aromatic N) is 6. The van der Waals surface area contributed by atoms with Crippen LogP contribution in [0.1, 0.15) is 22.5 Å². The molecule has 4 heterocycles. The Bertz CT molecular complexity index is 1430. The summed E-state index contributed by atoms with van der Waals surface area (Å²) in [6.07, 6.45) is 4.23. The SMILES string of the molecule is Cc1cc(-c2cnc(NCc3c(F)ccc4c3CCO4)n3cc(C#N)nc23)n(C)n1.O=C=O. The van der Waals surface area contributed by atoms with E-state index in [1.54, 1.807) is 27.5 Å². The Kier molecular flexibility index (Phi) is 5.85. The molecule has 0 bridgehead atoms. The Labute approximate surface area is 187 Å². The van der Waals surface area contributed by atoms with Crippen LogP contribution in [0.2, 0.25) is 0 Å². The molecule has 4 aromatic rings. The molecule has 0 amide bonds. The first kappa shape index (κ1) is 21.7. The standard InChI is InChI=1S/C21H18FN7O.CO2/c1-12-7-18(28(2)27-12)16-10-25-21(29-11-13(8-23)26-20(16)29)24-9-15-14-5-6-30-19(14)4-3-17(15)22;2-1-3/h3-4,7,10-11H,5-6,9H2,1-2H3,(H,24,25);. The van der Waals surface area contributed by atoms with Crippen molar-refractivity contribution in [2.75, 3.05) is 11.9 Å². The molecule has 0 fully saturated rings. The summed E-state index contributed by atoms with van der Waals surface area (Å²) >= 11 is 0. The second-order valence-electron chi connectivity index (χ2n) is 7.26. The van der Waals surface area contributed by atoms with Crippen LogP contribution in [-0.4, -0.2) is 36.9 Å². The highest BCUT2D eigenvalue weighted by Gasteiger charge is 2.20. The zero-order valence-corrected chi connectivity index (χ0v) is 17.8. The quantitative estimate of drug-likeness (QED) is 0.505. The summed E-state index contributed by atoms with van der Waals surface area (Å²) in [5.41, 5.74) is 4.76. The maximum Gasteiger partial charge on any atom is 0.373 e. The number of nitrogens with one attached hydrogen (secondary N) is 1. The summed E-state index contributed by atoms with van der Waals surface area (Å²) in [4.78, 5) is 25.2. The van der Waals surface area contributed by atoms with Crippen LogP contribution in [0.4, 0.5) is 10.3 Å². The second kappa shape index (κ2) is 8.90. The predicted molar refractivity (Wildman–Crippen MR) is 113 cm³/mol. The van der Waals surface area contributed by atoms with Crippen molar-refractivity contribution in [3.05, 3.63) is 58.9 Å². The number of benzene rings is 1. The summed E-state index contributed by atoms with van der Waals surface area (Å²) in [5.74, 6) is 0.911. The summed E-state index contributed by atoms with van der Waals surface area (Å²) in [7, 11) is 1.85. The Morgan fingerprint density at radius 2 is 2.12 bits per heavy atom. The molecule has 5 rings (SSSR count). The average Bonchev–Trinajstić information content (AvgIpc) is 3.51. The minimum atomic E-state index is -0.284. The van der Waals surface area contributed by atoms with Gasteiger partial charge >= 0.3 is 6.15 Å². The maximum absolute atomic E-state index is 14.5. The van der Waals surface area contributed by atoms with Crippen LogP contribution in [0.5, 0.6) is 5.75 Å². The number of imidazole rings is 1. The number of anilines is 1. The molecular formula is C22H18FN7O3. The van der Waals surface area contributed by atoms with E-state index in [9.17, 15) is 9.65 Å². The zero-order chi connectivity index (χ0) is 23.5. The number of carbonyl (C=O) groups excluding carboxylic acids is 2. The van der Waals surface area contributed by atoms with Gasteiger partial charge in [-0.25, -0.2) is 14.4 Å². The molecule has 1 aliphatic rings. The first-order valence-electron chi connectivity index (χ1n) is 9.92. The van der Waals surface area contributed by atoms with Crippen LogP contribution in [0.15, 0.2) is 30.6 Å². The van der Waals surface area contributed by atoms with Crippen molar-refractivity contribution in [3.63, 3.8) is 0 Å². The van der Waals surface area contributed by atoms with Gasteiger partial charge in [-0.2, -0.15) is 19.9 Å². The van der Waals surface area contributed by atoms with E-state index >= 15 is 0 Å². The molecule has 1 N–H and O–H groups in total. The molecule has 11 heteroatoms. The van der Waals surface area contributed by atoms with Gasteiger partial charge in [0.05, 0.1) is 29.8 Å². The summed E-state index contributed by atoms with van der Waals surface area (Å²) in [5, 5.41) is 16.9. The molecule has 0 radical (unpaired) electrons. The maximum atomic E-state index is 14.5. The molecular weight excluding hydrogens is 429 g/mol. The number of aromatic nitrogens is 5. The number of ether oxygens (including phenoxy) is 1. The van der Waals surface area contributed by atoms with E-state index in [1.165, 1.54) is 6.07 Å². The molecule has 0 saturated heterocycles. The molecule has 0 aliphatic carbocycles. The van der Waals surface area contributed by atoms with Crippen molar-refractivity contribution in [2.24, 2.45) is 7.05 Å². The fraction of sp³-hybridized carbons (Fsp3) is 0.227. The fourth-order valence-electron chi connectivity index (χ4n) is 3.88. The molecule has 3 aromatic heterocycles. The Balaban J connectivity index is 0.000000821. The lowest BCUT2D eigenvalue weighted by Crippen LogP contribution is -2.10. The van der Waals surface area contributed by atoms with Crippen LogP contribution >= 0.6 is 0 Å². The molecule has 0 spiro atoms. The Hall–Kier alpha value is -4.55. The molecule has 1 aliphatic heterocycles. The Morgan fingerprint density at radius 3 is 2.82 bits per heavy atom. The number of hydrogen-bond donors (Lipinski definition) is 1. The van der Waals surface area contributed by atoms with Gasteiger partial charge in [-0.05, 0) is 25.1 Å². The molecule has 0 saturated carbocycles. The first-order valence-corrected chi connectivity index (χ1v) is 9.92. The largest absolute Gasteiger partial charge is 0.493 e. The second-order valence-corrected chi connectivity index (χ2v) is 7.26. The molecule has 10 nitrogen and oxygen atoms in total. The topological polar surface area (TPSA) is 127 Å². The van der Waals surface area contributed by atoms with Gasteiger partial charge in [-0.3, -0.25) is 9.08 Å². The lowest BCUT2D eigenvalue weighted by Gasteiger charge is -2.13. The van der Waals surface area contributed by atoms with Crippen LogP contribution < -0.4 is 10.1 Å². The van der Waals surface area contributed by atoms with Crippen LogP contribution in [0.3, 0.4) is 0 Å². The summed E-state index contributed by atoms with van der Waals surface area (Å²) in [6.45, 7) is 2.71. The van der Waals surface area contributed by atoms with Gasteiger partial charge < -0.3 is 10.1 Å². The van der Waals surface area contributed by atoms with Gasteiger partial charge in [0, 0.05) is 37.3 Å². The van der Waals surface area contributed by atoms with Crippen LogP contribution in [0, 0.1) is 24.1 Å². The zero-order valence-electron chi connectivity index (χ0n) is 17.8. The molecule has 1 aromatic carbocycles. The number of fused-ring (bicyclic) bond motifs is 2. The van der Waals surface area contributed by atoms with E-state index in [1.807, 2.05) is 20.0 Å². The third kappa shape index (κ3) is 4.03. The molecule has 33 heavy (non-hydrogen) atoms. The van der Waals surface area contributed by atoms with Crippen molar-refractivity contribution in [2.45, 2.75) is 19.9 Å². The van der Waals surface area contributed by atoms with Crippen LogP contribution in [-0.2, 0) is 29.6 Å². The van der Waals surface area contributed by atoms with Gasteiger partial charge in [-0.1, -0.05) is 0 Å². The van der Waals surface area contributed by atoms with E-state index in [4.69, 9.17) is 14.3 Å². The van der Waals surface area contributed by atoms with Gasteiger partial charge in [-0.15, -0.1) is 0 Å². The fourth-order valence-corrected chi connectivity index (χ4v) is 3.88. The van der Waals surface area contributed by atoms with Crippen molar-refractivity contribution >= 4 is 17.7 Å². The molecule has 0 unspecified atom stereocenters. The Morgan fingerprint density at radius 1 is 1.33 bits per heavy atom. The molecule has 0 atom stereocenters. The number of aryl methyl sites for hydroxylation is 2. The van der Waals surface area contributed by atoms with Crippen molar-refractivity contribution in [3.8, 4) is 23.1 Å². The monoisotopic (exact) mass is 447 g/mol. The van der Waals surface area contributed by atoms with E-state index in [-0.39, 0.29) is 24.2 Å². The average molecular weight is 447 g/mol. The van der Waals surface area contributed by atoms with Gasteiger partial charge in [0.1, 0.15) is 17.6 Å². The number of rotatable bonds is 4. The van der Waals surface area contributed by atoms with E-state index in [0.29, 0.717) is 30.2 Å². The van der Waals surface area contributed by atoms with Gasteiger partial charge in [0.2, 0.25) is 5.95 Å². The number of nitriles is 1. The number of hydrogen-bond acceptors (Lipinski definition) is 8. The van der Waals surface area contributed by atoms with E-state index in [0.717, 1.165) is 28.3 Å². The minimum absolute atomic E-state index is 0.241. The highest BCUT2D eigenvalue weighted by Crippen LogP contribution is 2.31. The van der Waals surface area contributed by atoms with Gasteiger partial charge in [0.15, 0.2) is 11.3 Å².